The zero-order valence-electron chi connectivity index (χ0n) is 23.3. The van der Waals surface area contributed by atoms with Gasteiger partial charge in [-0.25, -0.2) is 13.2 Å². The van der Waals surface area contributed by atoms with Crippen LogP contribution in [-0.2, 0) is 16.0 Å². The number of halogens is 4. The summed E-state index contributed by atoms with van der Waals surface area (Å²) in [6.07, 6.45) is 11.7. The second-order valence-electron chi connectivity index (χ2n) is 9.89. The van der Waals surface area contributed by atoms with E-state index in [1.54, 1.807) is 12.2 Å². The topological polar surface area (TPSA) is 26.3 Å². The Kier molecular flexibility index (Phi) is 13.8. The summed E-state index contributed by atoms with van der Waals surface area (Å²) in [5, 5.41) is 0. The Hall–Kier alpha value is -3.15. The van der Waals surface area contributed by atoms with Crippen molar-refractivity contribution in [3.05, 3.63) is 101 Å². The fourth-order valence-corrected chi connectivity index (χ4v) is 4.65. The highest BCUT2D eigenvalue weighted by atomic mass is 19.2. The molecule has 1 aromatic rings. The van der Waals surface area contributed by atoms with Crippen LogP contribution in [0.2, 0.25) is 0 Å². The van der Waals surface area contributed by atoms with Gasteiger partial charge in [0.1, 0.15) is 6.33 Å². The second kappa shape index (κ2) is 16.7. The number of carbonyl (C=O) groups excluding carboxylic acids is 1. The summed E-state index contributed by atoms with van der Waals surface area (Å²) in [6, 6.07) is 8.07. The molecule has 0 aromatic heterocycles. The lowest BCUT2D eigenvalue weighted by molar-refractivity contribution is -0.145. The van der Waals surface area contributed by atoms with Crippen LogP contribution < -0.4 is 0 Å². The lowest BCUT2D eigenvalue weighted by Gasteiger charge is -2.28. The average molecular weight is 545 g/mol. The first-order valence-electron chi connectivity index (χ1n) is 13.8. The van der Waals surface area contributed by atoms with Gasteiger partial charge in [0.05, 0.1) is 5.92 Å². The minimum atomic E-state index is -1.24. The SMILES string of the molecule is C=C(CCCC)/C(F)=C(F)\C(=C/C)OC(=O)C1CCC(C(=C/C=C/c2ccc(CCC)cc2)/C(F)=C/F)CC1. The summed E-state index contributed by atoms with van der Waals surface area (Å²) in [6.45, 7) is 9.09. The Morgan fingerprint density at radius 3 is 2.21 bits per heavy atom. The van der Waals surface area contributed by atoms with Gasteiger partial charge >= 0.3 is 5.97 Å². The van der Waals surface area contributed by atoms with Crippen molar-refractivity contribution in [3.63, 3.8) is 0 Å². The number of hydrogen-bond donors (Lipinski definition) is 0. The third-order valence-electron chi connectivity index (χ3n) is 6.98. The molecule has 0 amide bonds. The zero-order valence-corrected chi connectivity index (χ0v) is 23.3. The predicted octanol–water partition coefficient (Wildman–Crippen LogP) is 10.5. The van der Waals surface area contributed by atoms with Gasteiger partial charge < -0.3 is 4.74 Å². The minimum Gasteiger partial charge on any atom is -0.423 e. The van der Waals surface area contributed by atoms with Crippen LogP contribution in [0.3, 0.4) is 0 Å². The highest BCUT2D eigenvalue weighted by Crippen LogP contribution is 2.38. The van der Waals surface area contributed by atoms with Gasteiger partial charge in [0.25, 0.3) is 0 Å². The van der Waals surface area contributed by atoms with E-state index in [-0.39, 0.29) is 23.4 Å². The molecule has 1 aromatic carbocycles. The Morgan fingerprint density at radius 2 is 1.64 bits per heavy atom. The van der Waals surface area contributed by atoms with Crippen molar-refractivity contribution in [1.82, 2.24) is 0 Å². The van der Waals surface area contributed by atoms with Crippen LogP contribution in [0.1, 0.15) is 83.3 Å². The lowest BCUT2D eigenvalue weighted by Crippen LogP contribution is -2.24. The molecular formula is C33H40F4O2. The van der Waals surface area contributed by atoms with E-state index >= 15 is 0 Å². The first kappa shape index (κ1) is 32.1. The molecule has 0 bridgehead atoms. The summed E-state index contributed by atoms with van der Waals surface area (Å²) in [5.74, 6) is -5.26. The summed E-state index contributed by atoms with van der Waals surface area (Å²) in [5.41, 5.74) is 2.46. The van der Waals surface area contributed by atoms with Gasteiger partial charge in [0.15, 0.2) is 17.4 Å². The third kappa shape index (κ3) is 9.83. The molecule has 0 unspecified atom stereocenters. The molecule has 6 heteroatoms. The number of rotatable bonds is 13. The first-order valence-corrected chi connectivity index (χ1v) is 13.8. The highest BCUT2D eigenvalue weighted by molar-refractivity contribution is 5.74. The number of benzene rings is 1. The molecule has 1 aliphatic carbocycles. The van der Waals surface area contributed by atoms with Crippen molar-refractivity contribution in [2.24, 2.45) is 11.8 Å². The Labute approximate surface area is 230 Å². The molecule has 0 saturated heterocycles. The maximum atomic E-state index is 14.7. The summed E-state index contributed by atoms with van der Waals surface area (Å²) in [7, 11) is 0. The number of hydrogen-bond acceptors (Lipinski definition) is 2. The fraction of sp³-hybridized carbons (Fsp3) is 0.424. The molecule has 39 heavy (non-hydrogen) atoms. The largest absolute Gasteiger partial charge is 0.423 e. The zero-order chi connectivity index (χ0) is 28.8. The fourth-order valence-electron chi connectivity index (χ4n) is 4.65. The van der Waals surface area contributed by atoms with Crippen molar-refractivity contribution in [2.45, 2.75) is 78.6 Å². The maximum absolute atomic E-state index is 14.7. The van der Waals surface area contributed by atoms with Crippen LogP contribution in [0.4, 0.5) is 17.6 Å². The van der Waals surface area contributed by atoms with Crippen LogP contribution in [0.25, 0.3) is 6.08 Å². The molecule has 0 N–H and O–H groups in total. The van der Waals surface area contributed by atoms with E-state index in [9.17, 15) is 22.4 Å². The first-order chi connectivity index (χ1) is 18.7. The third-order valence-corrected chi connectivity index (χ3v) is 6.98. The van der Waals surface area contributed by atoms with E-state index in [2.05, 4.69) is 13.5 Å². The number of unbranched alkanes of at least 4 members (excludes halogenated alkanes) is 1. The van der Waals surface area contributed by atoms with E-state index in [1.165, 1.54) is 18.6 Å². The summed E-state index contributed by atoms with van der Waals surface area (Å²) >= 11 is 0. The standard InChI is InChI=1S/C33H40F4O2/c1-5-8-11-23(4)31(36)32(37)30(7-3)39-33(38)27-20-18-26(19-21-27)28(29(35)22-34)13-9-12-25-16-14-24(10-6-2)15-17-25/h7,9,12-17,22,26-27H,4-6,8,10-11,18-21H2,1-3H3/b12-9+,28-13-,29-22-,30-7+,32-31-. The van der Waals surface area contributed by atoms with Crippen molar-refractivity contribution in [1.29, 1.82) is 0 Å². The van der Waals surface area contributed by atoms with Crippen molar-refractivity contribution >= 4 is 12.0 Å². The number of aryl methyl sites for hydroxylation is 1. The van der Waals surface area contributed by atoms with E-state index in [4.69, 9.17) is 4.74 Å². The summed E-state index contributed by atoms with van der Waals surface area (Å²) in [4.78, 5) is 12.7. The summed E-state index contributed by atoms with van der Waals surface area (Å²) < 4.78 is 61.9. The van der Waals surface area contributed by atoms with Crippen LogP contribution in [-0.4, -0.2) is 5.97 Å². The van der Waals surface area contributed by atoms with Gasteiger partial charge in [-0.1, -0.05) is 75.8 Å². The Balaban J connectivity index is 2.03. The smallest absolute Gasteiger partial charge is 0.314 e. The van der Waals surface area contributed by atoms with E-state index < -0.39 is 35.1 Å². The monoisotopic (exact) mass is 544 g/mol. The van der Waals surface area contributed by atoms with E-state index in [1.807, 2.05) is 37.3 Å². The predicted molar refractivity (Wildman–Crippen MR) is 151 cm³/mol. The quantitative estimate of drug-likeness (QED) is 0.107. The lowest BCUT2D eigenvalue weighted by atomic mass is 9.78. The highest BCUT2D eigenvalue weighted by Gasteiger charge is 2.31. The molecule has 2 rings (SSSR count). The molecule has 1 fully saturated rings. The van der Waals surface area contributed by atoms with Crippen molar-refractivity contribution in [2.75, 3.05) is 0 Å². The minimum absolute atomic E-state index is 0.0232. The molecule has 0 atom stereocenters. The number of allylic oxidation sites excluding steroid dienone is 8. The van der Waals surface area contributed by atoms with Gasteiger partial charge in [-0.2, -0.15) is 4.39 Å². The number of ether oxygens (including phenoxy) is 1. The average Bonchev–Trinajstić information content (AvgIpc) is 2.96. The molecule has 0 spiro atoms. The molecule has 0 radical (unpaired) electrons. The van der Waals surface area contributed by atoms with E-state index in [0.717, 1.165) is 24.8 Å². The number of esters is 1. The van der Waals surface area contributed by atoms with Crippen LogP contribution in [0, 0.1) is 11.8 Å². The molecule has 1 saturated carbocycles. The molecule has 212 valence electrons. The van der Waals surface area contributed by atoms with Crippen molar-refractivity contribution < 1.29 is 27.1 Å². The Bertz CT molecular complexity index is 1110. The number of carbonyl (C=O) groups is 1. The molecular weight excluding hydrogens is 504 g/mol. The van der Waals surface area contributed by atoms with Crippen molar-refractivity contribution in [3.8, 4) is 0 Å². The van der Waals surface area contributed by atoms with Crippen LogP contribution in [0.15, 0.2) is 89.8 Å². The van der Waals surface area contributed by atoms with Gasteiger partial charge in [0.2, 0.25) is 5.83 Å². The Morgan fingerprint density at radius 1 is 1.00 bits per heavy atom. The molecule has 0 aliphatic heterocycles. The normalized spacial score (nSPS) is 19.7. The van der Waals surface area contributed by atoms with Gasteiger partial charge in [-0.15, -0.1) is 0 Å². The second-order valence-corrected chi connectivity index (χ2v) is 9.89. The van der Waals surface area contributed by atoms with Gasteiger partial charge in [-0.3, -0.25) is 4.79 Å². The molecule has 1 aliphatic rings. The van der Waals surface area contributed by atoms with Crippen LogP contribution in [0.5, 0.6) is 0 Å². The van der Waals surface area contributed by atoms with E-state index in [0.29, 0.717) is 38.5 Å². The molecule has 0 heterocycles. The molecule has 2 nitrogen and oxygen atoms in total. The maximum Gasteiger partial charge on any atom is 0.314 e. The van der Waals surface area contributed by atoms with Crippen LogP contribution >= 0.6 is 0 Å². The van der Waals surface area contributed by atoms with Gasteiger partial charge in [0, 0.05) is 0 Å². The van der Waals surface area contributed by atoms with Gasteiger partial charge in [-0.05, 0) is 86.1 Å².